The first-order valence-electron chi connectivity index (χ1n) is 12.4. The van der Waals surface area contributed by atoms with Crippen molar-refractivity contribution in [3.63, 3.8) is 0 Å². The Hall–Kier alpha value is -4.42. The average Bonchev–Trinajstić information content (AvgIpc) is 2.93. The van der Waals surface area contributed by atoms with Crippen molar-refractivity contribution in [1.29, 1.82) is 0 Å². The zero-order valence-corrected chi connectivity index (χ0v) is 23.9. The van der Waals surface area contributed by atoms with Crippen molar-refractivity contribution in [2.45, 2.75) is 18.4 Å². The highest BCUT2D eigenvalue weighted by molar-refractivity contribution is 7.92. The Kier molecular flexibility index (Phi) is 8.94. The SMILES string of the molecule is CCOc1ccc(NS(=O)(=O)c2ccc(NC(=O)c3ccc(N(Cc4ccc(F)cc4)S(C)(=O)=O)cc3)cc2)cc1. The highest BCUT2D eigenvalue weighted by atomic mass is 32.2. The monoisotopic (exact) mass is 597 g/mol. The number of anilines is 3. The van der Waals surface area contributed by atoms with Gasteiger partial charge in [-0.25, -0.2) is 21.2 Å². The third-order valence-corrected chi connectivity index (χ3v) is 8.44. The van der Waals surface area contributed by atoms with Gasteiger partial charge < -0.3 is 10.1 Å². The quantitative estimate of drug-likeness (QED) is 0.244. The van der Waals surface area contributed by atoms with E-state index in [2.05, 4.69) is 10.0 Å². The van der Waals surface area contributed by atoms with Crippen molar-refractivity contribution in [3.05, 3.63) is 114 Å². The molecule has 0 fully saturated rings. The third kappa shape index (κ3) is 7.83. The number of sulfonamides is 2. The van der Waals surface area contributed by atoms with Crippen LogP contribution in [-0.4, -0.2) is 35.6 Å². The van der Waals surface area contributed by atoms with Gasteiger partial charge in [-0.1, -0.05) is 12.1 Å². The Morgan fingerprint density at radius 3 is 1.95 bits per heavy atom. The lowest BCUT2D eigenvalue weighted by Crippen LogP contribution is -2.29. The summed E-state index contributed by atoms with van der Waals surface area (Å²) in [5.41, 5.74) is 1.94. The summed E-state index contributed by atoms with van der Waals surface area (Å²) in [7, 11) is -7.53. The van der Waals surface area contributed by atoms with Gasteiger partial charge in [0.15, 0.2) is 0 Å². The van der Waals surface area contributed by atoms with Crippen molar-refractivity contribution in [1.82, 2.24) is 0 Å². The van der Waals surface area contributed by atoms with Crippen LogP contribution in [0.2, 0.25) is 0 Å². The highest BCUT2D eigenvalue weighted by Crippen LogP contribution is 2.23. The molecule has 0 spiro atoms. The van der Waals surface area contributed by atoms with E-state index in [0.29, 0.717) is 35.0 Å². The van der Waals surface area contributed by atoms with Gasteiger partial charge in [0, 0.05) is 16.9 Å². The smallest absolute Gasteiger partial charge is 0.261 e. The predicted molar refractivity (Wildman–Crippen MR) is 157 cm³/mol. The van der Waals surface area contributed by atoms with Crippen LogP contribution >= 0.6 is 0 Å². The fourth-order valence-electron chi connectivity index (χ4n) is 3.86. The number of amides is 1. The molecule has 0 aliphatic heterocycles. The van der Waals surface area contributed by atoms with Crippen molar-refractivity contribution < 1.29 is 30.8 Å². The second kappa shape index (κ2) is 12.4. The molecule has 0 heterocycles. The Balaban J connectivity index is 1.42. The molecular formula is C29H28FN3O6S2. The Morgan fingerprint density at radius 1 is 0.805 bits per heavy atom. The van der Waals surface area contributed by atoms with Gasteiger partial charge in [0.25, 0.3) is 15.9 Å². The molecule has 0 aromatic heterocycles. The average molecular weight is 598 g/mol. The molecule has 0 aliphatic carbocycles. The minimum atomic E-state index is -3.86. The van der Waals surface area contributed by atoms with Crippen LogP contribution in [-0.2, 0) is 26.6 Å². The van der Waals surface area contributed by atoms with E-state index in [1.807, 2.05) is 6.92 Å². The maximum atomic E-state index is 13.2. The van der Waals surface area contributed by atoms with Crippen LogP contribution < -0.4 is 19.1 Å². The standard InChI is InChI=1S/C29H28FN3O6S2/c1-3-39-27-16-10-25(11-17-27)32-41(37,38)28-18-12-24(13-19-28)31-29(34)22-6-14-26(15-7-22)33(40(2,35)36)20-21-4-8-23(30)9-5-21/h4-19,32H,3,20H2,1-2H3,(H,31,34). The molecule has 9 nitrogen and oxygen atoms in total. The summed E-state index contributed by atoms with van der Waals surface area (Å²) in [4.78, 5) is 12.8. The van der Waals surface area contributed by atoms with Gasteiger partial charge in [0.05, 0.1) is 30.0 Å². The topological polar surface area (TPSA) is 122 Å². The minimum Gasteiger partial charge on any atom is -0.494 e. The summed E-state index contributed by atoms with van der Waals surface area (Å²) < 4.78 is 72.6. The Labute approximate surface area is 238 Å². The number of carbonyl (C=O) groups is 1. The first-order chi connectivity index (χ1) is 19.4. The summed E-state index contributed by atoms with van der Waals surface area (Å²) in [6, 6.07) is 23.7. The van der Waals surface area contributed by atoms with E-state index in [4.69, 9.17) is 4.74 Å². The number of nitrogens with zero attached hydrogens (tertiary/aromatic N) is 1. The normalized spacial score (nSPS) is 11.5. The first kappa shape index (κ1) is 29.6. The van der Waals surface area contributed by atoms with Gasteiger partial charge in [-0.3, -0.25) is 13.8 Å². The van der Waals surface area contributed by atoms with Crippen molar-refractivity contribution in [2.24, 2.45) is 0 Å². The minimum absolute atomic E-state index is 0.00660. The number of ether oxygens (including phenoxy) is 1. The summed E-state index contributed by atoms with van der Waals surface area (Å²) in [6.45, 7) is 2.35. The fourth-order valence-corrected chi connectivity index (χ4v) is 5.80. The molecule has 0 saturated carbocycles. The lowest BCUT2D eigenvalue weighted by Gasteiger charge is -2.22. The van der Waals surface area contributed by atoms with Crippen LogP contribution in [0, 0.1) is 5.82 Å². The zero-order valence-electron chi connectivity index (χ0n) is 22.2. The van der Waals surface area contributed by atoms with Gasteiger partial charge in [-0.15, -0.1) is 0 Å². The van der Waals surface area contributed by atoms with Gasteiger partial charge in [-0.05, 0) is 97.4 Å². The molecule has 0 unspecified atom stereocenters. The van der Waals surface area contributed by atoms with Gasteiger partial charge in [-0.2, -0.15) is 0 Å². The van der Waals surface area contributed by atoms with Crippen LogP contribution in [0.5, 0.6) is 5.75 Å². The first-order valence-corrected chi connectivity index (χ1v) is 15.8. The van der Waals surface area contributed by atoms with Crippen LogP contribution in [0.15, 0.2) is 102 Å². The van der Waals surface area contributed by atoms with E-state index >= 15 is 0 Å². The molecule has 4 rings (SSSR count). The number of hydrogen-bond donors (Lipinski definition) is 2. The second-order valence-electron chi connectivity index (χ2n) is 8.98. The number of benzene rings is 4. The number of hydrogen-bond acceptors (Lipinski definition) is 6. The molecule has 4 aromatic carbocycles. The molecule has 0 bridgehead atoms. The molecule has 12 heteroatoms. The zero-order chi connectivity index (χ0) is 29.6. The largest absolute Gasteiger partial charge is 0.494 e. The van der Waals surface area contributed by atoms with Crippen LogP contribution in [0.25, 0.3) is 0 Å². The van der Waals surface area contributed by atoms with E-state index in [-0.39, 0.29) is 17.0 Å². The van der Waals surface area contributed by atoms with Crippen molar-refractivity contribution in [2.75, 3.05) is 27.2 Å². The molecule has 214 valence electrons. The van der Waals surface area contributed by atoms with Crippen LogP contribution in [0.1, 0.15) is 22.8 Å². The number of halogens is 1. The molecule has 0 aliphatic rings. The van der Waals surface area contributed by atoms with E-state index in [1.165, 1.54) is 72.8 Å². The van der Waals surface area contributed by atoms with Gasteiger partial charge in [0.1, 0.15) is 11.6 Å². The highest BCUT2D eigenvalue weighted by Gasteiger charge is 2.19. The predicted octanol–water partition coefficient (Wildman–Crippen LogP) is 5.24. The molecule has 0 radical (unpaired) electrons. The fraction of sp³-hybridized carbons (Fsp3) is 0.138. The Morgan fingerprint density at radius 2 is 1.39 bits per heavy atom. The summed E-state index contributed by atoms with van der Waals surface area (Å²) in [5, 5.41) is 2.69. The van der Waals surface area contributed by atoms with Crippen molar-refractivity contribution >= 4 is 43.0 Å². The van der Waals surface area contributed by atoms with E-state index < -0.39 is 31.8 Å². The molecule has 0 atom stereocenters. The summed E-state index contributed by atoms with van der Waals surface area (Å²) in [5.74, 6) is -0.265. The molecule has 0 saturated heterocycles. The Bertz CT molecular complexity index is 1710. The molecule has 1 amide bonds. The van der Waals surface area contributed by atoms with Crippen LogP contribution in [0.3, 0.4) is 0 Å². The van der Waals surface area contributed by atoms with Gasteiger partial charge in [0.2, 0.25) is 10.0 Å². The number of carbonyl (C=O) groups excluding carboxylic acids is 1. The van der Waals surface area contributed by atoms with Gasteiger partial charge >= 0.3 is 0 Å². The number of nitrogens with one attached hydrogen (secondary N) is 2. The van der Waals surface area contributed by atoms with Crippen LogP contribution in [0.4, 0.5) is 21.5 Å². The molecular weight excluding hydrogens is 569 g/mol. The lowest BCUT2D eigenvalue weighted by molar-refractivity contribution is 0.102. The summed E-state index contributed by atoms with van der Waals surface area (Å²) >= 11 is 0. The van der Waals surface area contributed by atoms with Crippen molar-refractivity contribution in [3.8, 4) is 5.75 Å². The molecule has 2 N–H and O–H groups in total. The number of rotatable bonds is 11. The molecule has 4 aromatic rings. The van der Waals surface area contributed by atoms with E-state index in [0.717, 1.165) is 10.6 Å². The lowest BCUT2D eigenvalue weighted by atomic mass is 10.1. The molecule has 41 heavy (non-hydrogen) atoms. The van der Waals surface area contributed by atoms with E-state index in [9.17, 15) is 26.0 Å². The maximum absolute atomic E-state index is 13.2. The van der Waals surface area contributed by atoms with E-state index in [1.54, 1.807) is 24.3 Å². The second-order valence-corrected chi connectivity index (χ2v) is 12.6. The maximum Gasteiger partial charge on any atom is 0.261 e. The third-order valence-electron chi connectivity index (χ3n) is 5.90. The summed E-state index contributed by atoms with van der Waals surface area (Å²) in [6.07, 6.45) is 1.06.